The number of nitrogens with one attached hydrogen (secondary N) is 1. The van der Waals surface area contributed by atoms with Crippen LogP contribution in [0.15, 0.2) is 6.20 Å². The lowest BCUT2D eigenvalue weighted by molar-refractivity contribution is 0.0944. The van der Waals surface area contributed by atoms with Crippen molar-refractivity contribution in [1.82, 2.24) is 24.6 Å². The van der Waals surface area contributed by atoms with Gasteiger partial charge in [0.05, 0.1) is 18.0 Å². The molecule has 1 amide bonds. The first-order chi connectivity index (χ1) is 11.3. The lowest BCUT2D eigenvalue weighted by atomic mass is 10.1. The Morgan fingerprint density at radius 2 is 2.21 bits per heavy atom. The minimum Gasteiger partial charge on any atom is -0.350 e. The molecule has 1 saturated heterocycles. The van der Waals surface area contributed by atoms with Gasteiger partial charge in [0.25, 0.3) is 5.91 Å². The normalized spacial score (nSPS) is 19.6. The minimum atomic E-state index is -3.21. The van der Waals surface area contributed by atoms with Crippen LogP contribution in [-0.4, -0.2) is 59.0 Å². The van der Waals surface area contributed by atoms with Crippen LogP contribution in [0.2, 0.25) is 0 Å². The van der Waals surface area contributed by atoms with E-state index < -0.39 is 10.0 Å². The van der Waals surface area contributed by atoms with Gasteiger partial charge in [-0.15, -0.1) is 5.10 Å². The summed E-state index contributed by atoms with van der Waals surface area (Å²) >= 11 is 0. The van der Waals surface area contributed by atoms with Crippen molar-refractivity contribution in [2.45, 2.75) is 46.1 Å². The molecule has 0 aliphatic carbocycles. The number of piperidine rings is 1. The zero-order chi connectivity index (χ0) is 17.7. The van der Waals surface area contributed by atoms with Crippen molar-refractivity contribution in [2.24, 2.45) is 5.92 Å². The molecule has 1 aliphatic rings. The molecular formula is C15H27N5O3S. The molecule has 1 fully saturated rings. The van der Waals surface area contributed by atoms with Gasteiger partial charge < -0.3 is 5.32 Å². The smallest absolute Gasteiger partial charge is 0.273 e. The van der Waals surface area contributed by atoms with Crippen LogP contribution in [-0.2, 0) is 10.0 Å². The average Bonchev–Trinajstić information content (AvgIpc) is 3.03. The lowest BCUT2D eigenvalue weighted by Gasteiger charge is -2.31. The number of nitrogens with zero attached hydrogens (tertiary/aromatic N) is 4. The van der Waals surface area contributed by atoms with Gasteiger partial charge in [-0.1, -0.05) is 26.0 Å². The Kier molecular flexibility index (Phi) is 6.34. The molecule has 1 aliphatic heterocycles. The van der Waals surface area contributed by atoms with Crippen LogP contribution in [0.4, 0.5) is 0 Å². The van der Waals surface area contributed by atoms with Crippen molar-refractivity contribution in [3.05, 3.63) is 11.9 Å². The molecule has 0 aromatic carbocycles. The van der Waals surface area contributed by atoms with Crippen molar-refractivity contribution in [1.29, 1.82) is 0 Å². The molecule has 1 atom stereocenters. The predicted molar refractivity (Wildman–Crippen MR) is 91.1 cm³/mol. The number of carbonyl (C=O) groups excluding carboxylic acids is 1. The van der Waals surface area contributed by atoms with Crippen LogP contribution in [0, 0.1) is 5.92 Å². The highest BCUT2D eigenvalue weighted by Gasteiger charge is 2.30. The molecule has 0 spiro atoms. The van der Waals surface area contributed by atoms with Gasteiger partial charge >= 0.3 is 0 Å². The number of carbonyl (C=O) groups is 1. The first-order valence-corrected chi connectivity index (χ1v) is 10.1. The molecule has 24 heavy (non-hydrogen) atoms. The van der Waals surface area contributed by atoms with E-state index in [9.17, 15) is 13.2 Å². The molecule has 136 valence electrons. The maximum atomic E-state index is 12.2. The number of aromatic nitrogens is 3. The van der Waals surface area contributed by atoms with E-state index >= 15 is 0 Å². The van der Waals surface area contributed by atoms with Gasteiger partial charge in [-0.2, -0.15) is 4.31 Å². The van der Waals surface area contributed by atoms with Crippen molar-refractivity contribution >= 4 is 15.9 Å². The summed E-state index contributed by atoms with van der Waals surface area (Å²) in [4.78, 5) is 12.0. The molecule has 1 aromatic rings. The van der Waals surface area contributed by atoms with Crippen molar-refractivity contribution in [3.8, 4) is 0 Å². The standard InChI is InChI=1S/C15H27N5O3S/c1-4-8-24(22,23)19-7-5-6-13(10-19)20-11-14(17-18-20)15(21)16-9-12(2)3/h11-13H,4-10H2,1-3H3,(H,16,21). The van der Waals surface area contributed by atoms with Crippen LogP contribution in [0.5, 0.6) is 0 Å². The highest BCUT2D eigenvalue weighted by Crippen LogP contribution is 2.23. The van der Waals surface area contributed by atoms with Gasteiger partial charge in [-0.3, -0.25) is 4.79 Å². The number of amides is 1. The monoisotopic (exact) mass is 357 g/mol. The Balaban J connectivity index is 2.03. The van der Waals surface area contributed by atoms with Gasteiger partial charge in [0.2, 0.25) is 10.0 Å². The number of sulfonamides is 1. The molecule has 9 heteroatoms. The summed E-state index contributed by atoms with van der Waals surface area (Å²) in [5.41, 5.74) is 0.268. The molecule has 1 N–H and O–H groups in total. The first-order valence-electron chi connectivity index (χ1n) is 8.51. The van der Waals surface area contributed by atoms with Crippen molar-refractivity contribution < 1.29 is 13.2 Å². The molecule has 0 saturated carbocycles. The molecule has 1 unspecified atom stereocenters. The Hall–Kier alpha value is -1.48. The third-order valence-electron chi connectivity index (χ3n) is 4.00. The molecule has 2 heterocycles. The zero-order valence-corrected chi connectivity index (χ0v) is 15.4. The Morgan fingerprint density at radius 3 is 2.88 bits per heavy atom. The van der Waals surface area contributed by atoms with Crippen LogP contribution in [0.1, 0.15) is 56.6 Å². The van der Waals surface area contributed by atoms with Gasteiger partial charge in [-0.05, 0) is 25.2 Å². The zero-order valence-electron chi connectivity index (χ0n) is 14.6. The second-order valence-corrected chi connectivity index (χ2v) is 8.75. The molecular weight excluding hydrogens is 330 g/mol. The fourth-order valence-corrected chi connectivity index (χ4v) is 4.30. The summed E-state index contributed by atoms with van der Waals surface area (Å²) < 4.78 is 27.6. The highest BCUT2D eigenvalue weighted by atomic mass is 32.2. The number of hydrogen-bond acceptors (Lipinski definition) is 5. The fourth-order valence-electron chi connectivity index (χ4n) is 2.72. The molecule has 1 aromatic heterocycles. The topological polar surface area (TPSA) is 97.2 Å². The second kappa shape index (κ2) is 8.06. The molecule has 0 radical (unpaired) electrons. The van der Waals surface area contributed by atoms with Gasteiger partial charge in [0.1, 0.15) is 0 Å². The highest BCUT2D eigenvalue weighted by molar-refractivity contribution is 7.89. The lowest BCUT2D eigenvalue weighted by Crippen LogP contribution is -2.41. The summed E-state index contributed by atoms with van der Waals surface area (Å²) in [5, 5.41) is 10.8. The Morgan fingerprint density at radius 1 is 1.46 bits per heavy atom. The van der Waals surface area contributed by atoms with Crippen LogP contribution in [0.25, 0.3) is 0 Å². The summed E-state index contributed by atoms with van der Waals surface area (Å²) in [6.45, 7) is 7.42. The third kappa shape index (κ3) is 4.76. The molecule has 0 bridgehead atoms. The van der Waals surface area contributed by atoms with E-state index in [1.165, 1.54) is 4.31 Å². The third-order valence-corrected chi connectivity index (χ3v) is 6.05. The summed E-state index contributed by atoms with van der Waals surface area (Å²) in [6, 6.07) is -0.0791. The van der Waals surface area contributed by atoms with E-state index in [0.29, 0.717) is 32.0 Å². The van der Waals surface area contributed by atoms with Crippen molar-refractivity contribution in [3.63, 3.8) is 0 Å². The Bertz CT molecular complexity index is 656. The maximum Gasteiger partial charge on any atom is 0.273 e. The van der Waals surface area contributed by atoms with E-state index in [2.05, 4.69) is 15.6 Å². The van der Waals surface area contributed by atoms with Gasteiger partial charge in [0.15, 0.2) is 5.69 Å². The minimum absolute atomic E-state index is 0.0791. The van der Waals surface area contributed by atoms with E-state index in [-0.39, 0.29) is 23.4 Å². The maximum absolute atomic E-state index is 12.2. The SMILES string of the molecule is CCCS(=O)(=O)N1CCCC(n2cc(C(=O)NCC(C)C)nn2)C1. The van der Waals surface area contributed by atoms with Crippen LogP contribution >= 0.6 is 0 Å². The Labute approximate surface area is 143 Å². The number of hydrogen-bond donors (Lipinski definition) is 1. The van der Waals surface area contributed by atoms with Crippen LogP contribution in [0.3, 0.4) is 0 Å². The molecule has 2 rings (SSSR count). The fraction of sp³-hybridized carbons (Fsp3) is 0.800. The van der Waals surface area contributed by atoms with E-state index in [1.54, 1.807) is 10.9 Å². The first kappa shape index (κ1) is 18.9. The van der Waals surface area contributed by atoms with E-state index in [0.717, 1.165) is 12.8 Å². The van der Waals surface area contributed by atoms with E-state index in [1.807, 2.05) is 20.8 Å². The second-order valence-electron chi connectivity index (χ2n) is 6.66. The summed E-state index contributed by atoms with van der Waals surface area (Å²) in [7, 11) is -3.21. The summed E-state index contributed by atoms with van der Waals surface area (Å²) in [5.74, 6) is 0.279. The molecule has 8 nitrogen and oxygen atoms in total. The van der Waals surface area contributed by atoms with Crippen molar-refractivity contribution in [2.75, 3.05) is 25.4 Å². The summed E-state index contributed by atoms with van der Waals surface area (Å²) in [6.07, 6.45) is 3.82. The predicted octanol–water partition coefficient (Wildman–Crippen LogP) is 1.04. The van der Waals surface area contributed by atoms with Gasteiger partial charge in [-0.25, -0.2) is 13.1 Å². The average molecular weight is 357 g/mol. The largest absolute Gasteiger partial charge is 0.350 e. The van der Waals surface area contributed by atoms with Crippen LogP contribution < -0.4 is 5.32 Å². The van der Waals surface area contributed by atoms with E-state index in [4.69, 9.17) is 0 Å². The van der Waals surface area contributed by atoms with Gasteiger partial charge in [0, 0.05) is 19.6 Å². The number of rotatable bonds is 7. The quantitative estimate of drug-likeness (QED) is 0.786.